The van der Waals surface area contributed by atoms with Gasteiger partial charge in [-0.2, -0.15) is 0 Å². The summed E-state index contributed by atoms with van der Waals surface area (Å²) >= 11 is 1.67. The van der Waals surface area contributed by atoms with Crippen molar-refractivity contribution >= 4 is 43.7 Å². The van der Waals surface area contributed by atoms with Crippen LogP contribution in [0, 0.1) is 0 Å². The van der Waals surface area contributed by atoms with Crippen LogP contribution < -0.4 is 0 Å². The lowest BCUT2D eigenvalue weighted by molar-refractivity contribution is 0.602. The number of nitrogens with one attached hydrogen (secondary N) is 1. The first-order valence-electron chi connectivity index (χ1n) is 8.53. The van der Waals surface area contributed by atoms with Crippen molar-refractivity contribution in [3.63, 3.8) is 0 Å². The number of aromatic amines is 1. The lowest BCUT2D eigenvalue weighted by Crippen LogP contribution is -1.80. The van der Waals surface area contributed by atoms with Crippen LogP contribution in [0.4, 0.5) is 0 Å². The van der Waals surface area contributed by atoms with Gasteiger partial charge in [-0.15, -0.1) is 11.3 Å². The number of benzene rings is 3. The summed E-state index contributed by atoms with van der Waals surface area (Å²) in [6.45, 7) is 0. The molecule has 0 spiro atoms. The first-order valence-corrected chi connectivity index (χ1v) is 9.34. The molecule has 3 aromatic heterocycles. The van der Waals surface area contributed by atoms with Crippen LogP contribution in [0.3, 0.4) is 0 Å². The number of H-pyrrole nitrogens is 1. The van der Waals surface area contributed by atoms with E-state index >= 15 is 0 Å². The van der Waals surface area contributed by atoms with Gasteiger partial charge in [0.25, 0.3) is 0 Å². The zero-order valence-corrected chi connectivity index (χ0v) is 14.8. The Morgan fingerprint density at radius 2 is 1.70 bits per heavy atom. The van der Waals surface area contributed by atoms with E-state index in [2.05, 4.69) is 33.2 Å². The van der Waals surface area contributed by atoms with Crippen molar-refractivity contribution < 1.29 is 4.42 Å². The van der Waals surface area contributed by atoms with Crippen molar-refractivity contribution in [3.8, 4) is 22.0 Å². The van der Waals surface area contributed by atoms with Gasteiger partial charge in [0, 0.05) is 11.1 Å². The van der Waals surface area contributed by atoms with E-state index in [0.29, 0.717) is 0 Å². The Hall–Kier alpha value is -3.51. The largest absolute Gasteiger partial charge is 0.443 e. The number of aromatic nitrogens is 4. The monoisotopic (exact) mass is 368 g/mol. The van der Waals surface area contributed by atoms with E-state index in [1.807, 2.05) is 42.5 Å². The van der Waals surface area contributed by atoms with Crippen LogP contribution in [-0.4, -0.2) is 19.9 Å². The Morgan fingerprint density at radius 3 is 2.67 bits per heavy atom. The van der Waals surface area contributed by atoms with Crippen LogP contribution in [0.25, 0.3) is 54.3 Å². The number of fused-ring (bicyclic) bond motifs is 3. The van der Waals surface area contributed by atoms with Crippen LogP contribution >= 0.6 is 11.3 Å². The van der Waals surface area contributed by atoms with E-state index in [1.54, 1.807) is 11.3 Å². The van der Waals surface area contributed by atoms with Gasteiger partial charge in [0.2, 0.25) is 0 Å². The van der Waals surface area contributed by atoms with Crippen molar-refractivity contribution in [2.45, 2.75) is 0 Å². The molecular formula is C21H12N4OS. The Balaban J connectivity index is 1.46. The Labute approximate surface area is 157 Å². The van der Waals surface area contributed by atoms with E-state index < -0.39 is 0 Å². The molecule has 0 radical (unpaired) electrons. The molecule has 0 saturated carbocycles. The topological polar surface area (TPSA) is 67.6 Å². The summed E-state index contributed by atoms with van der Waals surface area (Å²) in [6, 6.07) is 20.3. The number of para-hydroxylation sites is 2. The molecular weight excluding hydrogens is 356 g/mol. The van der Waals surface area contributed by atoms with Crippen LogP contribution in [0.1, 0.15) is 0 Å². The predicted octanol–water partition coefficient (Wildman–Crippen LogP) is 5.65. The van der Waals surface area contributed by atoms with Gasteiger partial charge in [-0.3, -0.25) is 0 Å². The highest BCUT2D eigenvalue weighted by Gasteiger charge is 2.11. The molecule has 3 heterocycles. The van der Waals surface area contributed by atoms with Crippen molar-refractivity contribution in [2.24, 2.45) is 0 Å². The van der Waals surface area contributed by atoms with Crippen LogP contribution in [-0.2, 0) is 0 Å². The summed E-state index contributed by atoms with van der Waals surface area (Å²) in [6.07, 6.45) is 1.46. The highest BCUT2D eigenvalue weighted by Crippen LogP contribution is 2.33. The van der Waals surface area contributed by atoms with E-state index in [9.17, 15) is 0 Å². The highest BCUT2D eigenvalue weighted by molar-refractivity contribution is 7.21. The van der Waals surface area contributed by atoms with E-state index in [0.717, 1.165) is 54.3 Å². The zero-order valence-electron chi connectivity index (χ0n) is 14.0. The number of oxazole rings is 1. The molecule has 6 rings (SSSR count). The second-order valence-electron chi connectivity index (χ2n) is 6.34. The average molecular weight is 368 g/mol. The smallest absolute Gasteiger partial charge is 0.181 e. The van der Waals surface area contributed by atoms with Crippen molar-refractivity contribution in [1.82, 2.24) is 19.9 Å². The van der Waals surface area contributed by atoms with E-state index in [-0.39, 0.29) is 0 Å². The maximum atomic E-state index is 5.32. The van der Waals surface area contributed by atoms with Crippen LogP contribution in [0.2, 0.25) is 0 Å². The molecule has 0 fully saturated rings. The Kier molecular flexibility index (Phi) is 2.98. The summed E-state index contributed by atoms with van der Waals surface area (Å²) in [4.78, 5) is 17.1. The molecule has 5 nitrogen and oxygen atoms in total. The number of nitrogens with zero attached hydrogens (tertiary/aromatic N) is 3. The molecule has 0 atom stereocenters. The number of imidazole rings is 1. The third kappa shape index (κ3) is 2.34. The van der Waals surface area contributed by atoms with Crippen molar-refractivity contribution in [1.29, 1.82) is 0 Å². The van der Waals surface area contributed by atoms with Gasteiger partial charge in [0.15, 0.2) is 12.0 Å². The third-order valence-corrected chi connectivity index (χ3v) is 5.71. The summed E-state index contributed by atoms with van der Waals surface area (Å²) in [7, 11) is 0. The molecule has 1 N–H and O–H groups in total. The normalized spacial score (nSPS) is 11.7. The van der Waals surface area contributed by atoms with Gasteiger partial charge < -0.3 is 9.40 Å². The second-order valence-corrected chi connectivity index (χ2v) is 7.37. The molecule has 0 saturated heterocycles. The molecule has 0 bridgehead atoms. The minimum atomic E-state index is 0.784. The first kappa shape index (κ1) is 14.6. The molecule has 0 unspecified atom stereocenters. The summed E-state index contributed by atoms with van der Waals surface area (Å²) in [5.41, 5.74) is 6.67. The van der Waals surface area contributed by atoms with Gasteiger partial charge in [0.1, 0.15) is 16.3 Å². The maximum Gasteiger partial charge on any atom is 0.181 e. The molecule has 128 valence electrons. The molecule has 6 heteroatoms. The minimum Gasteiger partial charge on any atom is -0.443 e. The van der Waals surface area contributed by atoms with E-state index in [4.69, 9.17) is 9.40 Å². The Morgan fingerprint density at radius 1 is 0.815 bits per heavy atom. The lowest BCUT2D eigenvalue weighted by atomic mass is 10.2. The number of thiazole rings is 1. The predicted molar refractivity (Wildman–Crippen MR) is 108 cm³/mol. The minimum absolute atomic E-state index is 0.784. The second kappa shape index (κ2) is 5.49. The molecule has 6 aromatic rings. The van der Waals surface area contributed by atoms with E-state index in [1.165, 1.54) is 6.39 Å². The molecule has 0 aliphatic carbocycles. The molecule has 0 aliphatic rings. The fourth-order valence-electron chi connectivity index (χ4n) is 3.28. The van der Waals surface area contributed by atoms with Crippen LogP contribution in [0.15, 0.2) is 71.5 Å². The molecule has 27 heavy (non-hydrogen) atoms. The summed E-state index contributed by atoms with van der Waals surface area (Å²) in [5, 5.41) is 0.969. The maximum absolute atomic E-state index is 5.32. The number of rotatable bonds is 2. The quantitative estimate of drug-likeness (QED) is 0.429. The average Bonchev–Trinajstić information content (AvgIpc) is 3.42. The van der Waals surface area contributed by atoms with Gasteiger partial charge in [-0.25, -0.2) is 15.0 Å². The fourth-order valence-corrected chi connectivity index (χ4v) is 4.22. The standard InChI is InChI=1S/C21H12N4OS/c1-2-4-15-14(3-1)23-20(24-15)12-6-8-19-17(9-12)25-21(27-19)13-5-7-18-16(10-13)22-11-26-18/h1-11H,(H,23,24). The first-order chi connectivity index (χ1) is 13.3. The Bertz CT molecular complexity index is 1410. The van der Waals surface area contributed by atoms with Gasteiger partial charge in [-0.1, -0.05) is 12.1 Å². The van der Waals surface area contributed by atoms with Gasteiger partial charge in [0.05, 0.1) is 21.3 Å². The van der Waals surface area contributed by atoms with Crippen molar-refractivity contribution in [2.75, 3.05) is 0 Å². The fraction of sp³-hybridized carbons (Fsp3) is 0. The molecule has 3 aromatic carbocycles. The number of hydrogen-bond acceptors (Lipinski definition) is 5. The molecule has 0 amide bonds. The third-order valence-electron chi connectivity index (χ3n) is 4.63. The van der Waals surface area contributed by atoms with Crippen molar-refractivity contribution in [3.05, 3.63) is 67.1 Å². The molecule has 0 aliphatic heterocycles. The highest BCUT2D eigenvalue weighted by atomic mass is 32.1. The van der Waals surface area contributed by atoms with Gasteiger partial charge >= 0.3 is 0 Å². The number of hydrogen-bond donors (Lipinski definition) is 1. The lowest BCUT2D eigenvalue weighted by Gasteiger charge is -1.96. The summed E-state index contributed by atoms with van der Waals surface area (Å²) < 4.78 is 6.46. The summed E-state index contributed by atoms with van der Waals surface area (Å²) in [5.74, 6) is 0.858. The van der Waals surface area contributed by atoms with Gasteiger partial charge in [-0.05, 0) is 48.5 Å². The zero-order chi connectivity index (χ0) is 17.8. The SMILES string of the molecule is c1ccc2[nH]c(-c3ccc4sc(-c5ccc6ocnc6c5)nc4c3)nc2c1. The van der Waals surface area contributed by atoms with Crippen LogP contribution in [0.5, 0.6) is 0 Å².